The first kappa shape index (κ1) is 9.26. The van der Waals surface area contributed by atoms with Gasteiger partial charge in [-0.25, -0.2) is 0 Å². The smallest absolute Gasteiger partial charge is 0.00895 e. The number of allylic oxidation sites excluding steroid dienone is 4. The van der Waals surface area contributed by atoms with Gasteiger partial charge < -0.3 is 0 Å². The Morgan fingerprint density at radius 1 is 1.29 bits per heavy atom. The molecule has 0 spiro atoms. The van der Waals surface area contributed by atoms with E-state index in [1.807, 2.05) is 0 Å². The molecule has 1 aliphatic carbocycles. The lowest BCUT2D eigenvalue weighted by Crippen LogP contribution is -1.98. The molecule has 0 amide bonds. The van der Waals surface area contributed by atoms with Crippen molar-refractivity contribution in [3.05, 3.63) is 59.7 Å². The SMILES string of the molecule is CCC(C1=[C]CC=C1)c1ccccc1. The van der Waals surface area contributed by atoms with Crippen molar-refractivity contribution in [2.24, 2.45) is 0 Å². The fourth-order valence-corrected chi connectivity index (χ4v) is 1.98. The summed E-state index contributed by atoms with van der Waals surface area (Å²) in [6, 6.07) is 10.7. The summed E-state index contributed by atoms with van der Waals surface area (Å²) >= 11 is 0. The molecule has 0 saturated heterocycles. The highest BCUT2D eigenvalue weighted by Crippen LogP contribution is 2.30. The molecule has 14 heavy (non-hydrogen) atoms. The summed E-state index contributed by atoms with van der Waals surface area (Å²) in [4.78, 5) is 0. The van der Waals surface area contributed by atoms with E-state index in [0.29, 0.717) is 5.92 Å². The molecule has 0 N–H and O–H groups in total. The van der Waals surface area contributed by atoms with Gasteiger partial charge in [-0.1, -0.05) is 49.4 Å². The van der Waals surface area contributed by atoms with Crippen molar-refractivity contribution < 1.29 is 0 Å². The van der Waals surface area contributed by atoms with Crippen LogP contribution in [0.5, 0.6) is 0 Å². The summed E-state index contributed by atoms with van der Waals surface area (Å²) in [5.74, 6) is 0.537. The van der Waals surface area contributed by atoms with E-state index in [1.54, 1.807) is 0 Å². The first-order chi connectivity index (χ1) is 6.92. The van der Waals surface area contributed by atoms with Crippen LogP contribution >= 0.6 is 0 Å². The summed E-state index contributed by atoms with van der Waals surface area (Å²) in [6.07, 6.45) is 9.94. The van der Waals surface area contributed by atoms with Gasteiger partial charge >= 0.3 is 0 Å². The third-order valence-electron chi connectivity index (χ3n) is 2.71. The number of benzene rings is 1. The molecule has 1 aromatic rings. The summed E-state index contributed by atoms with van der Waals surface area (Å²) in [7, 11) is 0. The molecular formula is C14H15. The Morgan fingerprint density at radius 2 is 2.07 bits per heavy atom. The quantitative estimate of drug-likeness (QED) is 0.667. The normalized spacial score (nSPS) is 16.8. The van der Waals surface area contributed by atoms with Crippen LogP contribution in [0.3, 0.4) is 0 Å². The third kappa shape index (κ3) is 1.79. The standard InChI is InChI=1S/C14H15/c1-2-14(13-10-6-7-11-13)12-8-4-3-5-9-12/h3-6,8-10,14H,2,7H2,1H3. The van der Waals surface area contributed by atoms with Gasteiger partial charge in [0, 0.05) is 5.92 Å². The largest absolute Gasteiger partial charge is 0.0798 e. The van der Waals surface area contributed by atoms with Crippen LogP contribution in [0.2, 0.25) is 0 Å². The van der Waals surface area contributed by atoms with Crippen molar-refractivity contribution in [2.75, 3.05) is 0 Å². The topological polar surface area (TPSA) is 0 Å². The lowest BCUT2D eigenvalue weighted by Gasteiger charge is -2.15. The Kier molecular flexibility index (Phi) is 2.83. The van der Waals surface area contributed by atoms with Crippen molar-refractivity contribution in [1.29, 1.82) is 0 Å². The Hall–Kier alpha value is -1.30. The van der Waals surface area contributed by atoms with Gasteiger partial charge in [-0.05, 0) is 30.1 Å². The molecule has 1 unspecified atom stereocenters. The predicted molar refractivity (Wildman–Crippen MR) is 60.0 cm³/mol. The maximum atomic E-state index is 3.41. The zero-order valence-corrected chi connectivity index (χ0v) is 8.53. The lowest BCUT2D eigenvalue weighted by atomic mass is 9.89. The molecule has 71 valence electrons. The van der Waals surface area contributed by atoms with Gasteiger partial charge in [0.1, 0.15) is 0 Å². The molecule has 0 bridgehead atoms. The van der Waals surface area contributed by atoms with Crippen LogP contribution in [0, 0.1) is 6.08 Å². The first-order valence-corrected chi connectivity index (χ1v) is 5.24. The lowest BCUT2D eigenvalue weighted by molar-refractivity contribution is 0.774. The molecule has 1 aliphatic rings. The molecule has 2 rings (SSSR count). The Bertz CT molecular complexity index is 344. The van der Waals surface area contributed by atoms with Crippen LogP contribution in [-0.4, -0.2) is 0 Å². The molecule has 1 aromatic carbocycles. The Morgan fingerprint density at radius 3 is 2.64 bits per heavy atom. The van der Waals surface area contributed by atoms with E-state index in [2.05, 4.69) is 55.5 Å². The minimum absolute atomic E-state index is 0.537. The van der Waals surface area contributed by atoms with E-state index < -0.39 is 0 Å². The van der Waals surface area contributed by atoms with Crippen molar-refractivity contribution in [1.82, 2.24) is 0 Å². The fraction of sp³-hybridized carbons (Fsp3) is 0.286. The van der Waals surface area contributed by atoms with Gasteiger partial charge in [-0.3, -0.25) is 0 Å². The molecule has 0 heteroatoms. The van der Waals surface area contributed by atoms with E-state index >= 15 is 0 Å². The van der Waals surface area contributed by atoms with E-state index in [9.17, 15) is 0 Å². The molecule has 1 atom stereocenters. The van der Waals surface area contributed by atoms with Crippen LogP contribution < -0.4 is 0 Å². The number of hydrogen-bond acceptors (Lipinski definition) is 0. The molecule has 0 aromatic heterocycles. The maximum Gasteiger partial charge on any atom is 0.00895 e. The minimum atomic E-state index is 0.537. The van der Waals surface area contributed by atoms with Crippen molar-refractivity contribution in [3.63, 3.8) is 0 Å². The zero-order chi connectivity index (χ0) is 9.80. The van der Waals surface area contributed by atoms with Crippen LogP contribution in [-0.2, 0) is 0 Å². The molecule has 0 heterocycles. The summed E-state index contributed by atoms with van der Waals surface area (Å²) in [6.45, 7) is 2.23. The molecule has 1 radical (unpaired) electrons. The van der Waals surface area contributed by atoms with Crippen molar-refractivity contribution in [3.8, 4) is 0 Å². The second-order valence-electron chi connectivity index (χ2n) is 3.61. The van der Waals surface area contributed by atoms with E-state index in [-0.39, 0.29) is 0 Å². The minimum Gasteiger partial charge on any atom is -0.0798 e. The van der Waals surface area contributed by atoms with Gasteiger partial charge in [0.2, 0.25) is 0 Å². The van der Waals surface area contributed by atoms with Gasteiger partial charge in [0.15, 0.2) is 0 Å². The van der Waals surface area contributed by atoms with Crippen molar-refractivity contribution >= 4 is 0 Å². The molecular weight excluding hydrogens is 168 g/mol. The third-order valence-corrected chi connectivity index (χ3v) is 2.71. The van der Waals surface area contributed by atoms with Crippen LogP contribution in [0.15, 0.2) is 48.1 Å². The Labute approximate surface area is 86.0 Å². The maximum absolute atomic E-state index is 3.41. The van der Waals surface area contributed by atoms with E-state index in [1.165, 1.54) is 11.1 Å². The van der Waals surface area contributed by atoms with Crippen LogP contribution in [0.25, 0.3) is 0 Å². The average molecular weight is 183 g/mol. The monoisotopic (exact) mass is 183 g/mol. The highest BCUT2D eigenvalue weighted by atomic mass is 14.2. The van der Waals surface area contributed by atoms with Gasteiger partial charge in [0.25, 0.3) is 0 Å². The molecule has 0 nitrogen and oxygen atoms in total. The number of hydrogen-bond donors (Lipinski definition) is 0. The number of rotatable bonds is 3. The second-order valence-corrected chi connectivity index (χ2v) is 3.61. The van der Waals surface area contributed by atoms with Gasteiger partial charge in [0.05, 0.1) is 0 Å². The highest BCUT2D eigenvalue weighted by molar-refractivity contribution is 5.36. The Balaban J connectivity index is 2.26. The fourth-order valence-electron chi connectivity index (χ4n) is 1.98. The van der Waals surface area contributed by atoms with Gasteiger partial charge in [-0.15, -0.1) is 0 Å². The average Bonchev–Trinajstić information content (AvgIpc) is 2.74. The first-order valence-electron chi connectivity index (χ1n) is 5.24. The summed E-state index contributed by atoms with van der Waals surface area (Å²) < 4.78 is 0. The van der Waals surface area contributed by atoms with Gasteiger partial charge in [-0.2, -0.15) is 0 Å². The summed E-state index contributed by atoms with van der Waals surface area (Å²) in [5.41, 5.74) is 2.77. The molecule has 0 saturated carbocycles. The predicted octanol–water partition coefficient (Wildman–Crippen LogP) is 3.87. The molecule has 0 fully saturated rings. The highest BCUT2D eigenvalue weighted by Gasteiger charge is 2.13. The molecule has 0 aliphatic heterocycles. The zero-order valence-electron chi connectivity index (χ0n) is 8.53. The van der Waals surface area contributed by atoms with Crippen LogP contribution in [0.1, 0.15) is 31.2 Å². The second kappa shape index (κ2) is 4.28. The van der Waals surface area contributed by atoms with E-state index in [0.717, 1.165) is 12.8 Å². The van der Waals surface area contributed by atoms with E-state index in [4.69, 9.17) is 0 Å². The van der Waals surface area contributed by atoms with Crippen molar-refractivity contribution in [2.45, 2.75) is 25.7 Å². The van der Waals surface area contributed by atoms with Crippen LogP contribution in [0.4, 0.5) is 0 Å². The summed E-state index contributed by atoms with van der Waals surface area (Å²) in [5, 5.41) is 0.